The monoisotopic (exact) mass is 397 g/mol. The summed E-state index contributed by atoms with van der Waals surface area (Å²) in [7, 11) is 0. The minimum absolute atomic E-state index is 0.249. The second-order valence-electron chi connectivity index (χ2n) is 5.59. The molecule has 4 rings (SSSR count). The van der Waals surface area contributed by atoms with Crippen LogP contribution in [0, 0.1) is 11.6 Å². The second-order valence-corrected chi connectivity index (χ2v) is 6.88. The number of benzene rings is 2. The first-order chi connectivity index (χ1) is 11.0. The molecule has 0 radical (unpaired) electrons. The van der Waals surface area contributed by atoms with Crippen molar-refractivity contribution < 1.29 is 8.78 Å². The predicted molar refractivity (Wildman–Crippen MR) is 88.5 cm³/mol. The predicted octanol–water partition coefficient (Wildman–Crippen LogP) is 4.72. The summed E-state index contributed by atoms with van der Waals surface area (Å²) in [6.45, 7) is 0. The van der Waals surface area contributed by atoms with Crippen molar-refractivity contribution in [1.29, 1.82) is 0 Å². The van der Waals surface area contributed by atoms with Crippen LogP contribution in [0.2, 0.25) is 5.02 Å². The molecule has 0 unspecified atom stereocenters. The topological polar surface area (TPSA) is 43.8 Å². The van der Waals surface area contributed by atoms with Crippen LogP contribution < -0.4 is 5.73 Å². The van der Waals surface area contributed by atoms with Gasteiger partial charge in [-0.15, -0.1) is 0 Å². The fourth-order valence-electron chi connectivity index (χ4n) is 3.22. The third kappa shape index (κ3) is 2.20. The van der Waals surface area contributed by atoms with Crippen molar-refractivity contribution in [3.8, 4) is 0 Å². The molecule has 0 saturated heterocycles. The van der Waals surface area contributed by atoms with E-state index in [1.165, 1.54) is 6.07 Å². The van der Waals surface area contributed by atoms with Gasteiger partial charge in [-0.3, -0.25) is 0 Å². The Morgan fingerprint density at radius 1 is 1.26 bits per heavy atom. The van der Waals surface area contributed by atoms with Gasteiger partial charge in [-0.1, -0.05) is 27.5 Å². The van der Waals surface area contributed by atoms with Crippen LogP contribution in [-0.4, -0.2) is 9.55 Å². The molecule has 0 fully saturated rings. The van der Waals surface area contributed by atoms with E-state index in [1.807, 2.05) is 4.57 Å². The molecule has 23 heavy (non-hydrogen) atoms. The number of nitrogens with zero attached hydrogens (tertiary/aromatic N) is 2. The maximum atomic E-state index is 14.4. The molecule has 2 N–H and O–H groups in total. The Hall–Kier alpha value is -1.50. The summed E-state index contributed by atoms with van der Waals surface area (Å²) in [5.41, 5.74) is 7.91. The highest BCUT2D eigenvalue weighted by Gasteiger charge is 2.36. The maximum Gasteiger partial charge on any atom is 0.165 e. The summed E-state index contributed by atoms with van der Waals surface area (Å²) < 4.78 is 30.5. The van der Waals surface area contributed by atoms with Crippen molar-refractivity contribution in [1.82, 2.24) is 9.55 Å². The first-order valence-electron chi connectivity index (χ1n) is 7.03. The van der Waals surface area contributed by atoms with Gasteiger partial charge < -0.3 is 10.3 Å². The number of imidazole rings is 1. The maximum absolute atomic E-state index is 14.4. The average molecular weight is 399 g/mol. The Labute approximate surface area is 144 Å². The van der Waals surface area contributed by atoms with E-state index in [0.29, 0.717) is 21.7 Å². The van der Waals surface area contributed by atoms with Crippen LogP contribution in [0.25, 0.3) is 11.0 Å². The van der Waals surface area contributed by atoms with Crippen LogP contribution >= 0.6 is 27.5 Å². The Balaban J connectivity index is 2.00. The van der Waals surface area contributed by atoms with Gasteiger partial charge in [0.15, 0.2) is 11.6 Å². The largest absolute Gasteiger partial charge is 0.321 e. The first kappa shape index (κ1) is 15.1. The Kier molecular flexibility index (Phi) is 3.44. The lowest BCUT2D eigenvalue weighted by Gasteiger charge is -2.18. The highest BCUT2D eigenvalue weighted by molar-refractivity contribution is 9.10. The fraction of sp³-hybridized carbons (Fsp3) is 0.188. The first-order valence-corrected chi connectivity index (χ1v) is 8.21. The van der Waals surface area contributed by atoms with Crippen LogP contribution in [0.1, 0.15) is 29.9 Å². The summed E-state index contributed by atoms with van der Waals surface area (Å²) in [5.74, 6) is -1.09. The van der Waals surface area contributed by atoms with Crippen LogP contribution in [0.15, 0.2) is 34.8 Å². The van der Waals surface area contributed by atoms with E-state index in [2.05, 4.69) is 20.9 Å². The zero-order chi connectivity index (χ0) is 16.3. The molecule has 3 nitrogen and oxygen atoms in total. The number of hydrogen-bond acceptors (Lipinski definition) is 2. The third-order valence-corrected chi connectivity index (χ3v) is 5.14. The SMILES string of the molecule is N[C@@H]1C[C@H](c2c(Br)ccc(F)c2F)n2c1nc1ccc(Cl)cc12. The Morgan fingerprint density at radius 2 is 2.04 bits per heavy atom. The standard InChI is InChI=1S/C16H11BrClF2N3/c17-8-2-3-9(19)15(20)14(8)13-6-10(21)16-22-11-4-1-7(18)5-12(11)23(13)16/h1-5,10,13H,6,21H2/t10-,13-/m1/s1. The van der Waals surface area contributed by atoms with Gasteiger partial charge in [-0.05, 0) is 36.8 Å². The van der Waals surface area contributed by atoms with E-state index < -0.39 is 17.7 Å². The molecule has 2 aromatic carbocycles. The molecule has 0 spiro atoms. The summed E-state index contributed by atoms with van der Waals surface area (Å²) in [4.78, 5) is 4.52. The summed E-state index contributed by atoms with van der Waals surface area (Å²) >= 11 is 9.40. The van der Waals surface area contributed by atoms with Crippen molar-refractivity contribution in [3.63, 3.8) is 0 Å². The van der Waals surface area contributed by atoms with E-state index in [-0.39, 0.29) is 11.6 Å². The normalized spacial score (nSPS) is 20.2. The lowest BCUT2D eigenvalue weighted by atomic mass is 10.0. The van der Waals surface area contributed by atoms with Crippen LogP contribution in [0.4, 0.5) is 8.78 Å². The van der Waals surface area contributed by atoms with Crippen molar-refractivity contribution in [2.24, 2.45) is 5.73 Å². The lowest BCUT2D eigenvalue weighted by molar-refractivity contribution is 0.474. The Bertz CT molecular complexity index is 941. The lowest BCUT2D eigenvalue weighted by Crippen LogP contribution is -2.10. The van der Waals surface area contributed by atoms with Gasteiger partial charge in [0.2, 0.25) is 0 Å². The highest BCUT2D eigenvalue weighted by Crippen LogP contribution is 2.43. The van der Waals surface area contributed by atoms with Crippen molar-refractivity contribution in [3.05, 3.63) is 62.8 Å². The number of nitrogens with two attached hydrogens (primary N) is 1. The van der Waals surface area contributed by atoms with Gasteiger partial charge in [-0.25, -0.2) is 13.8 Å². The number of rotatable bonds is 1. The highest BCUT2D eigenvalue weighted by atomic mass is 79.9. The van der Waals surface area contributed by atoms with E-state index in [9.17, 15) is 8.78 Å². The fourth-order valence-corrected chi connectivity index (χ4v) is 3.96. The van der Waals surface area contributed by atoms with Crippen LogP contribution in [0.3, 0.4) is 0 Å². The number of halogens is 4. The molecule has 1 aliphatic heterocycles. The number of fused-ring (bicyclic) bond motifs is 3. The van der Waals surface area contributed by atoms with E-state index in [1.54, 1.807) is 18.2 Å². The summed E-state index contributed by atoms with van der Waals surface area (Å²) in [6, 6.07) is 7.12. The molecule has 1 aromatic heterocycles. The van der Waals surface area contributed by atoms with Gasteiger partial charge in [0.1, 0.15) is 5.82 Å². The zero-order valence-electron chi connectivity index (χ0n) is 11.7. The van der Waals surface area contributed by atoms with Gasteiger partial charge in [0, 0.05) is 15.1 Å². The number of aromatic nitrogens is 2. The zero-order valence-corrected chi connectivity index (χ0v) is 14.1. The second kappa shape index (κ2) is 5.26. The van der Waals surface area contributed by atoms with E-state index in [0.717, 1.165) is 17.1 Å². The molecule has 0 amide bonds. The van der Waals surface area contributed by atoms with E-state index >= 15 is 0 Å². The summed E-state index contributed by atoms with van der Waals surface area (Å²) in [5, 5.41) is 0.554. The molecular weight excluding hydrogens is 388 g/mol. The smallest absolute Gasteiger partial charge is 0.165 e. The molecule has 0 aliphatic carbocycles. The van der Waals surface area contributed by atoms with Crippen molar-refractivity contribution in [2.75, 3.05) is 0 Å². The summed E-state index contributed by atoms with van der Waals surface area (Å²) in [6.07, 6.45) is 0.448. The molecule has 0 saturated carbocycles. The third-order valence-electron chi connectivity index (χ3n) is 4.21. The minimum atomic E-state index is -0.882. The molecule has 2 atom stereocenters. The molecule has 1 aliphatic rings. The average Bonchev–Trinajstić information content (AvgIpc) is 3.02. The van der Waals surface area contributed by atoms with Gasteiger partial charge in [0.05, 0.1) is 23.1 Å². The van der Waals surface area contributed by atoms with Gasteiger partial charge in [0.25, 0.3) is 0 Å². The Morgan fingerprint density at radius 3 is 2.83 bits per heavy atom. The van der Waals surface area contributed by atoms with Crippen LogP contribution in [0.5, 0.6) is 0 Å². The minimum Gasteiger partial charge on any atom is -0.321 e. The number of hydrogen-bond donors (Lipinski definition) is 1. The van der Waals surface area contributed by atoms with Crippen molar-refractivity contribution >= 4 is 38.6 Å². The molecule has 118 valence electrons. The van der Waals surface area contributed by atoms with E-state index in [4.69, 9.17) is 17.3 Å². The van der Waals surface area contributed by atoms with Gasteiger partial charge >= 0.3 is 0 Å². The van der Waals surface area contributed by atoms with Crippen LogP contribution in [-0.2, 0) is 0 Å². The molecule has 7 heteroatoms. The molecule has 3 aromatic rings. The van der Waals surface area contributed by atoms with Crippen molar-refractivity contribution in [2.45, 2.75) is 18.5 Å². The molecule has 2 heterocycles. The quantitative estimate of drug-likeness (QED) is 0.603. The molecule has 0 bridgehead atoms. The molecular formula is C16H11BrClF2N3. The van der Waals surface area contributed by atoms with Gasteiger partial charge in [-0.2, -0.15) is 0 Å².